The Balaban J connectivity index is 3.87. The molecule has 12 heavy (non-hydrogen) atoms. The molecule has 0 aliphatic heterocycles. The largest absolute Gasteiger partial charge is 0.351 e. The molecule has 2 heteroatoms. The molecule has 0 fully saturated rings. The molecule has 0 spiro atoms. The van der Waals surface area contributed by atoms with Crippen molar-refractivity contribution >= 4 is 5.91 Å². The van der Waals surface area contributed by atoms with E-state index in [1.54, 1.807) is 0 Å². The van der Waals surface area contributed by atoms with Gasteiger partial charge in [-0.15, -0.1) is 0 Å². The predicted octanol–water partition coefficient (Wildman–Crippen LogP) is 2.34. The zero-order chi connectivity index (χ0) is 9.78. The molecule has 1 atom stereocenters. The number of rotatable bonds is 3. The van der Waals surface area contributed by atoms with Gasteiger partial charge in [0.05, 0.1) is 0 Å². The maximum Gasteiger partial charge on any atom is 0.223 e. The van der Waals surface area contributed by atoms with Crippen LogP contribution in [-0.2, 0) is 4.79 Å². The van der Waals surface area contributed by atoms with Crippen LogP contribution < -0.4 is 5.32 Å². The van der Waals surface area contributed by atoms with E-state index in [0.717, 1.165) is 12.8 Å². The smallest absolute Gasteiger partial charge is 0.223 e. The van der Waals surface area contributed by atoms with Gasteiger partial charge in [-0.1, -0.05) is 20.3 Å². The quantitative estimate of drug-likeness (QED) is 0.693. The minimum atomic E-state index is -0.0981. The summed E-state index contributed by atoms with van der Waals surface area (Å²) in [6.07, 6.45) is 2.04. The Morgan fingerprint density at radius 3 is 2.25 bits per heavy atom. The minimum Gasteiger partial charge on any atom is -0.351 e. The molecule has 0 radical (unpaired) electrons. The lowest BCUT2D eigenvalue weighted by Crippen LogP contribution is -2.43. The third-order valence-electron chi connectivity index (χ3n) is 1.67. The zero-order valence-corrected chi connectivity index (χ0v) is 8.90. The van der Waals surface area contributed by atoms with Gasteiger partial charge in [-0.05, 0) is 27.2 Å². The lowest BCUT2D eigenvalue weighted by Gasteiger charge is -2.23. The Kier molecular flexibility index (Phi) is 4.29. The summed E-state index contributed by atoms with van der Waals surface area (Å²) in [6.45, 7) is 10.1. The van der Waals surface area contributed by atoms with Crippen LogP contribution in [0.4, 0.5) is 0 Å². The summed E-state index contributed by atoms with van der Waals surface area (Å²) in [6, 6.07) is 0. The average molecular weight is 171 g/mol. The van der Waals surface area contributed by atoms with Crippen LogP contribution in [-0.4, -0.2) is 11.4 Å². The van der Waals surface area contributed by atoms with E-state index >= 15 is 0 Å². The molecule has 0 aromatic heterocycles. The van der Waals surface area contributed by atoms with Crippen LogP contribution in [0.25, 0.3) is 0 Å². The molecule has 0 rings (SSSR count). The van der Waals surface area contributed by atoms with Gasteiger partial charge in [-0.25, -0.2) is 0 Å². The number of hydrogen-bond donors (Lipinski definition) is 1. The van der Waals surface area contributed by atoms with Crippen LogP contribution in [0.2, 0.25) is 0 Å². The van der Waals surface area contributed by atoms with E-state index in [2.05, 4.69) is 12.2 Å². The average Bonchev–Trinajstić information content (AvgIpc) is 1.84. The Hall–Kier alpha value is -0.530. The van der Waals surface area contributed by atoms with Crippen molar-refractivity contribution < 1.29 is 4.79 Å². The van der Waals surface area contributed by atoms with Gasteiger partial charge in [0.1, 0.15) is 0 Å². The van der Waals surface area contributed by atoms with Crippen LogP contribution in [0, 0.1) is 5.92 Å². The van der Waals surface area contributed by atoms with E-state index in [0.29, 0.717) is 0 Å². The van der Waals surface area contributed by atoms with Crippen LogP contribution in [0.5, 0.6) is 0 Å². The van der Waals surface area contributed by atoms with Gasteiger partial charge >= 0.3 is 0 Å². The Morgan fingerprint density at radius 1 is 1.42 bits per heavy atom. The van der Waals surface area contributed by atoms with Gasteiger partial charge < -0.3 is 5.32 Å². The molecular formula is C10H21NO. The maximum atomic E-state index is 11.4. The van der Waals surface area contributed by atoms with Crippen molar-refractivity contribution in [2.24, 2.45) is 5.92 Å². The highest BCUT2D eigenvalue weighted by Crippen LogP contribution is 2.07. The fraction of sp³-hybridized carbons (Fsp3) is 0.900. The number of carbonyl (C=O) groups is 1. The van der Waals surface area contributed by atoms with E-state index in [9.17, 15) is 4.79 Å². The van der Waals surface area contributed by atoms with Gasteiger partial charge in [-0.2, -0.15) is 0 Å². The molecule has 0 bridgehead atoms. The molecule has 1 amide bonds. The SMILES string of the molecule is CCCC(C)C(=O)NC(C)(C)C. The fourth-order valence-electron chi connectivity index (χ4n) is 1.06. The Labute approximate surface area is 75.7 Å². The van der Waals surface area contributed by atoms with Crippen molar-refractivity contribution in [2.45, 2.75) is 53.0 Å². The summed E-state index contributed by atoms with van der Waals surface area (Å²) in [4.78, 5) is 11.4. The highest BCUT2D eigenvalue weighted by Gasteiger charge is 2.17. The molecule has 1 N–H and O–H groups in total. The molecule has 2 nitrogen and oxygen atoms in total. The molecule has 0 saturated heterocycles. The van der Waals surface area contributed by atoms with E-state index in [1.165, 1.54) is 0 Å². The normalized spacial score (nSPS) is 14.1. The highest BCUT2D eigenvalue weighted by molar-refractivity contribution is 5.78. The van der Waals surface area contributed by atoms with Gasteiger partial charge in [-0.3, -0.25) is 4.79 Å². The maximum absolute atomic E-state index is 11.4. The first-order valence-electron chi connectivity index (χ1n) is 4.69. The summed E-state index contributed by atoms with van der Waals surface area (Å²) in [5, 5.41) is 2.96. The van der Waals surface area contributed by atoms with Gasteiger partial charge in [0, 0.05) is 11.5 Å². The fourth-order valence-corrected chi connectivity index (χ4v) is 1.06. The lowest BCUT2D eigenvalue weighted by molar-refractivity contribution is -0.126. The first-order valence-corrected chi connectivity index (χ1v) is 4.69. The summed E-state index contributed by atoms with van der Waals surface area (Å²) >= 11 is 0. The molecule has 72 valence electrons. The second kappa shape index (κ2) is 4.48. The van der Waals surface area contributed by atoms with Crippen LogP contribution in [0.3, 0.4) is 0 Å². The summed E-state index contributed by atoms with van der Waals surface area (Å²) in [5.41, 5.74) is -0.0981. The highest BCUT2D eigenvalue weighted by atomic mass is 16.2. The van der Waals surface area contributed by atoms with E-state index in [4.69, 9.17) is 0 Å². The minimum absolute atomic E-state index is 0.0981. The number of amides is 1. The van der Waals surface area contributed by atoms with E-state index in [1.807, 2.05) is 27.7 Å². The Bertz CT molecular complexity index is 146. The topological polar surface area (TPSA) is 29.1 Å². The van der Waals surface area contributed by atoms with Crippen LogP contribution in [0.1, 0.15) is 47.5 Å². The molecule has 1 unspecified atom stereocenters. The van der Waals surface area contributed by atoms with Crippen molar-refractivity contribution in [3.05, 3.63) is 0 Å². The summed E-state index contributed by atoms with van der Waals surface area (Å²) < 4.78 is 0. The number of hydrogen-bond acceptors (Lipinski definition) is 1. The first kappa shape index (κ1) is 11.5. The third kappa shape index (κ3) is 5.16. The standard InChI is InChI=1S/C10H21NO/c1-6-7-8(2)9(12)11-10(3,4)5/h8H,6-7H2,1-5H3,(H,11,12). The third-order valence-corrected chi connectivity index (χ3v) is 1.67. The first-order chi connectivity index (χ1) is 5.37. The van der Waals surface area contributed by atoms with Gasteiger partial charge in [0.2, 0.25) is 5.91 Å². The van der Waals surface area contributed by atoms with E-state index in [-0.39, 0.29) is 17.4 Å². The second-order valence-corrected chi connectivity index (χ2v) is 4.43. The van der Waals surface area contributed by atoms with Crippen LogP contribution >= 0.6 is 0 Å². The molecule has 0 aliphatic rings. The van der Waals surface area contributed by atoms with Crippen molar-refractivity contribution in [1.29, 1.82) is 0 Å². The molecule has 0 saturated carbocycles. The molecular weight excluding hydrogens is 150 g/mol. The van der Waals surface area contributed by atoms with Crippen molar-refractivity contribution in [3.63, 3.8) is 0 Å². The summed E-state index contributed by atoms with van der Waals surface area (Å²) in [7, 11) is 0. The molecule has 0 heterocycles. The van der Waals surface area contributed by atoms with Crippen molar-refractivity contribution in [3.8, 4) is 0 Å². The molecule has 0 aromatic rings. The van der Waals surface area contributed by atoms with E-state index < -0.39 is 0 Å². The van der Waals surface area contributed by atoms with Crippen molar-refractivity contribution in [2.75, 3.05) is 0 Å². The number of carbonyl (C=O) groups excluding carboxylic acids is 1. The summed E-state index contributed by atoms with van der Waals surface area (Å²) in [5.74, 6) is 0.318. The molecule has 0 aromatic carbocycles. The monoisotopic (exact) mass is 171 g/mol. The van der Waals surface area contributed by atoms with Crippen molar-refractivity contribution in [1.82, 2.24) is 5.32 Å². The van der Waals surface area contributed by atoms with Gasteiger partial charge in [0.15, 0.2) is 0 Å². The predicted molar refractivity (Wildman–Crippen MR) is 52.0 cm³/mol. The second-order valence-electron chi connectivity index (χ2n) is 4.43. The lowest BCUT2D eigenvalue weighted by atomic mass is 10.0. The zero-order valence-electron chi connectivity index (χ0n) is 8.90. The van der Waals surface area contributed by atoms with Gasteiger partial charge in [0.25, 0.3) is 0 Å². The molecule has 0 aliphatic carbocycles. The number of nitrogens with one attached hydrogen (secondary N) is 1. The van der Waals surface area contributed by atoms with Crippen LogP contribution in [0.15, 0.2) is 0 Å². The Morgan fingerprint density at radius 2 is 1.92 bits per heavy atom.